The Bertz CT molecular complexity index is 677. The van der Waals surface area contributed by atoms with E-state index in [0.717, 1.165) is 19.5 Å². The molecule has 0 aromatic heterocycles. The van der Waals surface area contributed by atoms with Gasteiger partial charge in [0.1, 0.15) is 5.41 Å². The Morgan fingerprint density at radius 2 is 2.08 bits per heavy atom. The number of carbonyl (C=O) groups is 2. The molecule has 2 atom stereocenters. The van der Waals surface area contributed by atoms with Gasteiger partial charge in [-0.05, 0) is 17.5 Å². The van der Waals surface area contributed by atoms with Crippen LogP contribution in [-0.2, 0) is 27.3 Å². The van der Waals surface area contributed by atoms with Crippen LogP contribution >= 0.6 is 0 Å². The van der Waals surface area contributed by atoms with Crippen LogP contribution in [0.15, 0.2) is 24.3 Å². The molecule has 2 fully saturated rings. The van der Waals surface area contributed by atoms with E-state index in [1.165, 1.54) is 11.1 Å². The molecule has 0 unspecified atom stereocenters. The first-order chi connectivity index (χ1) is 11.6. The largest absolute Gasteiger partial charge is 0.481 e. The molecular weight excluding hydrogens is 308 g/mol. The summed E-state index contributed by atoms with van der Waals surface area (Å²) < 4.78 is 5.36. The van der Waals surface area contributed by atoms with Gasteiger partial charge in [0.2, 0.25) is 5.91 Å². The zero-order valence-corrected chi connectivity index (χ0v) is 13.6. The number of likely N-dealkylation sites (tertiary alicyclic amines) is 1. The summed E-state index contributed by atoms with van der Waals surface area (Å²) >= 11 is 0. The van der Waals surface area contributed by atoms with Gasteiger partial charge < -0.3 is 14.7 Å². The number of carboxylic acid groups (broad SMARTS) is 1. The van der Waals surface area contributed by atoms with Crippen molar-refractivity contribution >= 4 is 11.9 Å². The standard InChI is InChI=1S/C18H22N2O4/c21-16(9-19-6-5-13-3-1-2-4-14(13)7-19)20-8-15-10-24-12-18(15,11-20)17(22)23/h1-4,15H,5-12H2,(H,22,23)/t15-,18-/m1/s1. The normalized spacial score (nSPS) is 29.3. The van der Waals surface area contributed by atoms with Gasteiger partial charge in [0.15, 0.2) is 0 Å². The minimum Gasteiger partial charge on any atom is -0.481 e. The van der Waals surface area contributed by atoms with Crippen LogP contribution in [-0.4, -0.2) is 66.2 Å². The van der Waals surface area contributed by atoms with Gasteiger partial charge in [0.05, 0.1) is 19.8 Å². The zero-order chi connectivity index (χ0) is 16.7. The molecule has 6 nitrogen and oxygen atoms in total. The van der Waals surface area contributed by atoms with Crippen molar-refractivity contribution in [3.05, 3.63) is 35.4 Å². The predicted octanol–water partition coefficient (Wildman–Crippen LogP) is 0.604. The number of carboxylic acids is 1. The minimum atomic E-state index is -0.899. The SMILES string of the molecule is O=C(CN1CCc2ccccc2C1)N1C[C@@H]2COC[C@]2(C(=O)O)C1. The van der Waals surface area contributed by atoms with Gasteiger partial charge in [-0.1, -0.05) is 24.3 Å². The van der Waals surface area contributed by atoms with E-state index in [1.54, 1.807) is 4.90 Å². The van der Waals surface area contributed by atoms with Crippen LogP contribution in [0.3, 0.4) is 0 Å². The van der Waals surface area contributed by atoms with E-state index in [9.17, 15) is 14.7 Å². The van der Waals surface area contributed by atoms with Gasteiger partial charge in [-0.15, -0.1) is 0 Å². The van der Waals surface area contributed by atoms with Crippen molar-refractivity contribution in [2.75, 3.05) is 39.4 Å². The Labute approximate surface area is 141 Å². The molecule has 3 heterocycles. The van der Waals surface area contributed by atoms with Gasteiger partial charge in [-0.2, -0.15) is 0 Å². The molecule has 0 aliphatic carbocycles. The maximum absolute atomic E-state index is 12.7. The Balaban J connectivity index is 1.40. The van der Waals surface area contributed by atoms with E-state index in [2.05, 4.69) is 23.1 Å². The van der Waals surface area contributed by atoms with Crippen LogP contribution < -0.4 is 0 Å². The first-order valence-electron chi connectivity index (χ1n) is 8.46. The van der Waals surface area contributed by atoms with Crippen LogP contribution in [0.25, 0.3) is 0 Å². The average Bonchev–Trinajstić information content (AvgIpc) is 3.13. The number of rotatable bonds is 3. The lowest BCUT2D eigenvalue weighted by atomic mass is 9.81. The summed E-state index contributed by atoms with van der Waals surface area (Å²) in [5.41, 5.74) is 1.74. The van der Waals surface area contributed by atoms with E-state index in [1.807, 2.05) is 6.07 Å². The van der Waals surface area contributed by atoms with E-state index >= 15 is 0 Å². The highest BCUT2D eigenvalue weighted by atomic mass is 16.5. The molecule has 4 rings (SSSR count). The number of benzene rings is 1. The lowest BCUT2D eigenvalue weighted by molar-refractivity contribution is -0.149. The van der Waals surface area contributed by atoms with E-state index in [-0.39, 0.29) is 25.0 Å². The molecule has 0 spiro atoms. The maximum Gasteiger partial charge on any atom is 0.314 e. The van der Waals surface area contributed by atoms with Gasteiger partial charge in [0, 0.05) is 32.1 Å². The Morgan fingerprint density at radius 3 is 2.83 bits per heavy atom. The highest BCUT2D eigenvalue weighted by Crippen LogP contribution is 2.41. The van der Waals surface area contributed by atoms with Gasteiger partial charge >= 0.3 is 5.97 Å². The average molecular weight is 330 g/mol. The Morgan fingerprint density at radius 1 is 1.29 bits per heavy atom. The molecule has 0 saturated carbocycles. The molecule has 1 aromatic rings. The fourth-order valence-electron chi connectivity index (χ4n) is 4.21. The Hall–Kier alpha value is -1.92. The number of hydrogen-bond acceptors (Lipinski definition) is 4. The van der Waals surface area contributed by atoms with Crippen molar-refractivity contribution in [2.24, 2.45) is 11.3 Å². The third-order valence-electron chi connectivity index (χ3n) is 5.72. The number of carbonyl (C=O) groups excluding carboxylic acids is 1. The Kier molecular flexibility index (Phi) is 3.81. The highest BCUT2D eigenvalue weighted by Gasteiger charge is 2.57. The van der Waals surface area contributed by atoms with E-state index < -0.39 is 11.4 Å². The maximum atomic E-state index is 12.7. The summed E-state index contributed by atoms with van der Waals surface area (Å²) in [5.74, 6) is -0.891. The van der Waals surface area contributed by atoms with Crippen molar-refractivity contribution in [3.8, 4) is 0 Å². The lowest BCUT2D eigenvalue weighted by Crippen LogP contribution is -2.44. The molecule has 128 valence electrons. The first kappa shape index (κ1) is 15.6. The molecule has 0 radical (unpaired) electrons. The molecule has 3 aliphatic heterocycles. The third kappa shape index (κ3) is 2.50. The lowest BCUT2D eigenvalue weighted by Gasteiger charge is -2.30. The molecule has 1 amide bonds. The van der Waals surface area contributed by atoms with Crippen molar-refractivity contribution in [1.29, 1.82) is 0 Å². The molecule has 0 bridgehead atoms. The van der Waals surface area contributed by atoms with Crippen LogP contribution in [0.5, 0.6) is 0 Å². The van der Waals surface area contributed by atoms with Gasteiger partial charge in [0.25, 0.3) is 0 Å². The van der Waals surface area contributed by atoms with Crippen molar-refractivity contribution in [3.63, 3.8) is 0 Å². The predicted molar refractivity (Wildman–Crippen MR) is 86.4 cm³/mol. The smallest absolute Gasteiger partial charge is 0.314 e. The second kappa shape index (κ2) is 5.86. The molecule has 1 N–H and O–H groups in total. The monoisotopic (exact) mass is 330 g/mol. The molecule has 1 aromatic carbocycles. The number of amides is 1. The summed E-state index contributed by atoms with van der Waals surface area (Å²) in [5, 5.41) is 9.58. The van der Waals surface area contributed by atoms with E-state index in [4.69, 9.17) is 4.74 Å². The topological polar surface area (TPSA) is 70.1 Å². The molecule has 24 heavy (non-hydrogen) atoms. The number of hydrogen-bond donors (Lipinski definition) is 1. The van der Waals surface area contributed by atoms with Crippen LogP contribution in [0, 0.1) is 11.3 Å². The summed E-state index contributed by atoms with van der Waals surface area (Å²) in [7, 11) is 0. The minimum absolute atomic E-state index is 0.0319. The molecular formula is C18H22N2O4. The van der Waals surface area contributed by atoms with E-state index in [0.29, 0.717) is 19.7 Å². The summed E-state index contributed by atoms with van der Waals surface area (Å²) in [6.45, 7) is 3.43. The molecule has 2 saturated heterocycles. The fourth-order valence-corrected chi connectivity index (χ4v) is 4.21. The van der Waals surface area contributed by atoms with Crippen LogP contribution in [0.2, 0.25) is 0 Å². The first-order valence-corrected chi connectivity index (χ1v) is 8.46. The number of nitrogens with zero attached hydrogens (tertiary/aromatic N) is 2. The second-order valence-electron chi connectivity index (χ2n) is 7.18. The second-order valence-corrected chi connectivity index (χ2v) is 7.18. The van der Waals surface area contributed by atoms with Crippen LogP contribution in [0.4, 0.5) is 0 Å². The van der Waals surface area contributed by atoms with Gasteiger partial charge in [-0.25, -0.2) is 0 Å². The highest BCUT2D eigenvalue weighted by molar-refractivity contribution is 5.82. The quantitative estimate of drug-likeness (QED) is 0.879. The summed E-state index contributed by atoms with van der Waals surface area (Å²) in [4.78, 5) is 28.2. The summed E-state index contributed by atoms with van der Waals surface area (Å²) in [6, 6.07) is 8.34. The number of ether oxygens (including phenoxy) is 1. The van der Waals surface area contributed by atoms with Crippen molar-refractivity contribution < 1.29 is 19.4 Å². The summed E-state index contributed by atoms with van der Waals surface area (Å²) in [6.07, 6.45) is 0.957. The molecule has 3 aliphatic rings. The van der Waals surface area contributed by atoms with Gasteiger partial charge in [-0.3, -0.25) is 14.5 Å². The van der Waals surface area contributed by atoms with Crippen molar-refractivity contribution in [1.82, 2.24) is 9.80 Å². The molecule has 6 heteroatoms. The van der Waals surface area contributed by atoms with Crippen LogP contribution in [0.1, 0.15) is 11.1 Å². The third-order valence-corrected chi connectivity index (χ3v) is 5.72. The van der Waals surface area contributed by atoms with Crippen molar-refractivity contribution in [2.45, 2.75) is 13.0 Å². The fraction of sp³-hybridized carbons (Fsp3) is 0.556. The number of fused-ring (bicyclic) bond motifs is 2. The number of aliphatic carboxylic acids is 1. The zero-order valence-electron chi connectivity index (χ0n) is 13.6.